The van der Waals surface area contributed by atoms with E-state index >= 15 is 0 Å². The van der Waals surface area contributed by atoms with E-state index in [4.69, 9.17) is 5.73 Å². The molecule has 0 saturated heterocycles. The molecule has 0 bridgehead atoms. The Morgan fingerprint density at radius 1 is 1.36 bits per heavy atom. The van der Waals surface area contributed by atoms with E-state index in [2.05, 4.69) is 5.43 Å². The van der Waals surface area contributed by atoms with Gasteiger partial charge in [-0.1, -0.05) is 0 Å². The highest BCUT2D eigenvalue weighted by Crippen LogP contribution is 2.10. The Hall–Kier alpha value is -1.58. The van der Waals surface area contributed by atoms with Crippen LogP contribution in [0.5, 0.6) is 0 Å². The maximum absolute atomic E-state index is 5.67. The van der Waals surface area contributed by atoms with Crippen molar-refractivity contribution >= 4 is 11.5 Å². The minimum Gasteiger partial charge on any atom is -0.385 e. The van der Waals surface area contributed by atoms with Gasteiger partial charge in [-0.3, -0.25) is 4.40 Å². The smallest absolute Gasteiger partial charge is 0.137 e. The summed E-state index contributed by atoms with van der Waals surface area (Å²) in [7, 11) is 1.86. The summed E-state index contributed by atoms with van der Waals surface area (Å²) in [5.41, 5.74) is 9.72. The lowest BCUT2D eigenvalue weighted by molar-refractivity contribution is 0.967. The second kappa shape index (κ2) is 1.95. The van der Waals surface area contributed by atoms with E-state index in [0.29, 0.717) is 0 Å². The predicted octanol–water partition coefficient (Wildman–Crippen LogP) is 0.496. The first-order valence-corrected chi connectivity index (χ1v) is 3.44. The van der Waals surface area contributed by atoms with Gasteiger partial charge in [0.25, 0.3) is 0 Å². The number of hydrogen-bond acceptors (Lipinski definition) is 2. The first-order valence-electron chi connectivity index (χ1n) is 3.44. The van der Waals surface area contributed by atoms with Crippen molar-refractivity contribution in [2.45, 2.75) is 0 Å². The van der Waals surface area contributed by atoms with Crippen LogP contribution >= 0.6 is 0 Å². The Balaban J connectivity index is 2.77. The fourth-order valence-electron chi connectivity index (χ4n) is 1.21. The molecule has 0 saturated carbocycles. The normalized spacial score (nSPS) is 10.6. The number of nitrogens with two attached hydrogens (primary N) is 1. The number of hydrogen-bond donors (Lipinski definition) is 2. The summed E-state index contributed by atoms with van der Waals surface area (Å²) >= 11 is 0. The van der Waals surface area contributed by atoms with Gasteiger partial charge in [-0.15, -0.1) is 0 Å². The molecule has 0 unspecified atom stereocenters. The number of imidazole rings is 1. The summed E-state index contributed by atoms with van der Waals surface area (Å²) < 4.78 is 3.81. The van der Waals surface area contributed by atoms with E-state index in [-0.39, 0.29) is 0 Å². The maximum atomic E-state index is 5.67. The monoisotopic (exact) mass is 150 g/mol. The van der Waals surface area contributed by atoms with E-state index in [1.54, 1.807) is 0 Å². The van der Waals surface area contributed by atoms with E-state index in [9.17, 15) is 0 Å². The molecule has 3 N–H and O–H groups in total. The number of anilines is 1. The van der Waals surface area contributed by atoms with Gasteiger partial charge in [0.1, 0.15) is 11.5 Å². The van der Waals surface area contributed by atoms with Gasteiger partial charge >= 0.3 is 0 Å². The molecule has 11 heavy (non-hydrogen) atoms. The zero-order valence-corrected chi connectivity index (χ0v) is 6.28. The highest BCUT2D eigenvalue weighted by molar-refractivity contribution is 5.52. The van der Waals surface area contributed by atoms with Crippen molar-refractivity contribution in [3.63, 3.8) is 0 Å². The third-order valence-electron chi connectivity index (χ3n) is 1.78. The van der Waals surface area contributed by atoms with Gasteiger partial charge in [-0.2, -0.15) is 0 Å². The predicted molar refractivity (Wildman–Crippen MR) is 45.1 cm³/mol. The first kappa shape index (κ1) is 6.15. The van der Waals surface area contributed by atoms with Gasteiger partial charge in [0.15, 0.2) is 0 Å². The van der Waals surface area contributed by atoms with Crippen LogP contribution in [0.2, 0.25) is 0 Å². The van der Waals surface area contributed by atoms with Gasteiger partial charge in [-0.25, -0.2) is 4.68 Å². The molecule has 0 amide bonds. The van der Waals surface area contributed by atoms with Crippen LogP contribution in [0.15, 0.2) is 24.5 Å². The van der Waals surface area contributed by atoms with Crippen LogP contribution in [0.4, 0.5) is 5.82 Å². The van der Waals surface area contributed by atoms with Crippen LogP contribution in [-0.4, -0.2) is 16.1 Å². The molecule has 0 aromatic carbocycles. The number of aromatic nitrogens is 2. The molecule has 0 aliphatic carbocycles. The van der Waals surface area contributed by atoms with Crippen LogP contribution in [0.3, 0.4) is 0 Å². The van der Waals surface area contributed by atoms with Crippen LogP contribution in [0.25, 0.3) is 5.65 Å². The van der Waals surface area contributed by atoms with Crippen molar-refractivity contribution < 1.29 is 0 Å². The molecule has 0 atom stereocenters. The van der Waals surface area contributed by atoms with Crippen molar-refractivity contribution in [3.8, 4) is 0 Å². The molecule has 2 heterocycles. The Morgan fingerprint density at radius 3 is 2.91 bits per heavy atom. The molecule has 4 nitrogen and oxygen atoms in total. The molecule has 58 valence electrons. The molecular weight excluding hydrogens is 140 g/mol. The van der Waals surface area contributed by atoms with Gasteiger partial charge in [0.2, 0.25) is 0 Å². The third-order valence-corrected chi connectivity index (χ3v) is 1.78. The summed E-state index contributed by atoms with van der Waals surface area (Å²) in [6, 6.07) is 3.84. The van der Waals surface area contributed by atoms with Gasteiger partial charge < -0.3 is 11.2 Å². The summed E-state index contributed by atoms with van der Waals surface area (Å²) in [4.78, 5) is 0. The zero-order valence-electron chi connectivity index (χ0n) is 6.28. The van der Waals surface area contributed by atoms with Crippen molar-refractivity contribution in [2.75, 3.05) is 18.2 Å². The van der Waals surface area contributed by atoms with Gasteiger partial charge in [0.05, 0.1) is 0 Å². The van der Waals surface area contributed by atoms with Crippen molar-refractivity contribution in [3.05, 3.63) is 24.5 Å². The maximum Gasteiger partial charge on any atom is 0.137 e. The molecule has 0 radical (unpaired) electrons. The Bertz CT molecular complexity index is 371. The van der Waals surface area contributed by atoms with Crippen LogP contribution in [-0.2, 0) is 0 Å². The third kappa shape index (κ3) is 0.690. The Labute approximate surface area is 64.2 Å². The summed E-state index contributed by atoms with van der Waals surface area (Å²) in [5, 5.41) is 0. The minimum absolute atomic E-state index is 0.758. The van der Waals surface area contributed by atoms with Gasteiger partial charge in [-0.05, 0) is 12.1 Å². The number of rotatable bonds is 1. The molecule has 4 heteroatoms. The largest absolute Gasteiger partial charge is 0.385 e. The van der Waals surface area contributed by atoms with E-state index in [1.165, 1.54) is 0 Å². The molecule has 0 fully saturated rings. The molecule has 0 spiro atoms. The van der Waals surface area contributed by atoms with Gasteiger partial charge in [0, 0.05) is 19.4 Å². The molecule has 2 aromatic heterocycles. The second-order valence-corrected chi connectivity index (χ2v) is 2.38. The topological polar surface area (TPSA) is 47.4 Å². The lowest BCUT2D eigenvalue weighted by Crippen LogP contribution is -2.06. The lowest BCUT2D eigenvalue weighted by atomic mass is 10.6. The summed E-state index contributed by atoms with van der Waals surface area (Å²) in [6.45, 7) is 0. The zero-order chi connectivity index (χ0) is 7.84. The highest BCUT2D eigenvalue weighted by Gasteiger charge is 2.00. The molecule has 2 aromatic rings. The van der Waals surface area contributed by atoms with E-state index in [0.717, 1.165) is 11.5 Å². The summed E-state index contributed by atoms with van der Waals surface area (Å²) in [6.07, 6.45) is 3.84. The first-order chi connectivity index (χ1) is 5.33. The Kier molecular flexibility index (Phi) is 1.09. The highest BCUT2D eigenvalue weighted by atomic mass is 15.4. The molecule has 0 aliphatic heterocycles. The number of nitrogen functional groups attached to an aromatic ring is 1. The molecule has 0 aliphatic rings. The SMILES string of the molecule is CNn1ccn2c(N)ccc12. The van der Waals surface area contributed by atoms with Crippen LogP contribution in [0, 0.1) is 0 Å². The molecule has 2 rings (SSSR count). The lowest BCUT2D eigenvalue weighted by Gasteiger charge is -1.98. The number of nitrogens with one attached hydrogen (secondary N) is 1. The fourth-order valence-corrected chi connectivity index (χ4v) is 1.21. The average Bonchev–Trinajstić information content (AvgIpc) is 2.53. The number of fused-ring (bicyclic) bond motifs is 1. The molecular formula is C7H10N4. The Morgan fingerprint density at radius 2 is 2.18 bits per heavy atom. The van der Waals surface area contributed by atoms with Crippen molar-refractivity contribution in [2.24, 2.45) is 0 Å². The second-order valence-electron chi connectivity index (χ2n) is 2.38. The minimum atomic E-state index is 0.758. The average molecular weight is 150 g/mol. The fraction of sp³-hybridized carbons (Fsp3) is 0.143. The van der Waals surface area contributed by atoms with Crippen LogP contribution in [0.1, 0.15) is 0 Å². The summed E-state index contributed by atoms with van der Waals surface area (Å²) in [5.74, 6) is 0.758. The quantitative estimate of drug-likeness (QED) is 0.621. The van der Waals surface area contributed by atoms with E-state index in [1.807, 2.05) is 40.7 Å². The number of nitrogens with zero attached hydrogens (tertiary/aromatic N) is 2. The van der Waals surface area contributed by atoms with Crippen LogP contribution < -0.4 is 11.2 Å². The standard InChI is InChI=1S/C7H10N4/c1-9-11-5-4-10-6(8)2-3-7(10)11/h2-5,9H,8H2,1H3. The van der Waals surface area contributed by atoms with E-state index < -0.39 is 0 Å². The van der Waals surface area contributed by atoms with Crippen molar-refractivity contribution in [1.29, 1.82) is 0 Å². The van der Waals surface area contributed by atoms with Crippen molar-refractivity contribution in [1.82, 2.24) is 9.08 Å².